The maximum Gasteiger partial charge on any atom is 0.123 e. The highest BCUT2D eigenvalue weighted by Crippen LogP contribution is 2.26. The molecule has 0 aliphatic heterocycles. The van der Waals surface area contributed by atoms with Gasteiger partial charge in [0.25, 0.3) is 0 Å². The first kappa shape index (κ1) is 14.5. The zero-order chi connectivity index (χ0) is 13.5. The molecule has 1 aromatic carbocycles. The summed E-state index contributed by atoms with van der Waals surface area (Å²) in [5.41, 5.74) is 1.90. The van der Waals surface area contributed by atoms with E-state index in [1.54, 1.807) is 12.1 Å². The molecule has 1 aromatic rings. The molecular weight excluding hydrogens is 229 g/mol. The van der Waals surface area contributed by atoms with Gasteiger partial charge in [0.05, 0.1) is 12.5 Å². The average Bonchev–Trinajstić information content (AvgIpc) is 2.36. The highest BCUT2D eigenvalue weighted by atomic mass is 19.1. The van der Waals surface area contributed by atoms with Crippen LogP contribution in [-0.4, -0.2) is 20.1 Å². The molecular formula is C14H20FN3. The fourth-order valence-electron chi connectivity index (χ4n) is 1.97. The largest absolute Gasteiger partial charge is 0.373 e. The Morgan fingerprint density at radius 1 is 1.50 bits per heavy atom. The molecule has 0 spiro atoms. The van der Waals surface area contributed by atoms with E-state index in [9.17, 15) is 4.39 Å². The van der Waals surface area contributed by atoms with Crippen LogP contribution in [0.5, 0.6) is 0 Å². The third-order valence-electron chi connectivity index (χ3n) is 2.94. The van der Waals surface area contributed by atoms with Crippen molar-refractivity contribution in [3.05, 3.63) is 29.6 Å². The molecule has 0 aliphatic rings. The predicted octanol–water partition coefficient (Wildman–Crippen LogP) is 2.85. The van der Waals surface area contributed by atoms with Gasteiger partial charge < -0.3 is 10.2 Å². The third-order valence-corrected chi connectivity index (χ3v) is 2.94. The van der Waals surface area contributed by atoms with E-state index in [1.807, 2.05) is 25.8 Å². The van der Waals surface area contributed by atoms with E-state index in [0.717, 1.165) is 17.8 Å². The van der Waals surface area contributed by atoms with Crippen molar-refractivity contribution >= 4 is 5.69 Å². The molecule has 0 bridgehead atoms. The topological polar surface area (TPSA) is 39.1 Å². The number of halogens is 1. The lowest BCUT2D eigenvalue weighted by Crippen LogP contribution is -2.24. The number of anilines is 1. The van der Waals surface area contributed by atoms with Crippen LogP contribution in [0.4, 0.5) is 10.1 Å². The van der Waals surface area contributed by atoms with Gasteiger partial charge >= 0.3 is 0 Å². The minimum absolute atomic E-state index is 0.0882. The van der Waals surface area contributed by atoms with Gasteiger partial charge in [-0.2, -0.15) is 5.26 Å². The van der Waals surface area contributed by atoms with Crippen LogP contribution in [0.15, 0.2) is 18.2 Å². The summed E-state index contributed by atoms with van der Waals surface area (Å²) in [5.74, 6) is -0.229. The van der Waals surface area contributed by atoms with Gasteiger partial charge in [0.2, 0.25) is 0 Å². The molecule has 0 saturated heterocycles. The van der Waals surface area contributed by atoms with E-state index in [0.29, 0.717) is 13.0 Å². The maximum absolute atomic E-state index is 13.4. The quantitative estimate of drug-likeness (QED) is 0.842. The zero-order valence-electron chi connectivity index (χ0n) is 11.2. The maximum atomic E-state index is 13.4. The lowest BCUT2D eigenvalue weighted by Gasteiger charge is -2.24. The molecule has 98 valence electrons. The summed E-state index contributed by atoms with van der Waals surface area (Å²) in [6.45, 7) is 5.52. The number of nitriles is 1. The molecule has 0 fully saturated rings. The van der Waals surface area contributed by atoms with Gasteiger partial charge in [0, 0.05) is 25.3 Å². The Hall–Kier alpha value is -1.60. The Bertz CT molecular complexity index is 426. The van der Waals surface area contributed by atoms with Gasteiger partial charge in [0.15, 0.2) is 0 Å². The monoisotopic (exact) mass is 249 g/mol. The predicted molar refractivity (Wildman–Crippen MR) is 72.0 cm³/mol. The Kier molecular flexibility index (Phi) is 5.60. The van der Waals surface area contributed by atoms with Crippen molar-refractivity contribution < 1.29 is 4.39 Å². The second-order valence-electron chi connectivity index (χ2n) is 4.31. The van der Waals surface area contributed by atoms with Crippen molar-refractivity contribution in [2.24, 2.45) is 0 Å². The van der Waals surface area contributed by atoms with Crippen LogP contribution < -0.4 is 10.2 Å². The first-order chi connectivity index (χ1) is 8.60. The SMILES string of the molecule is CCNC(C)c1cc(F)ccc1N(C)CCC#N. The Morgan fingerprint density at radius 3 is 2.83 bits per heavy atom. The normalized spacial score (nSPS) is 11.9. The molecule has 0 saturated carbocycles. The highest BCUT2D eigenvalue weighted by molar-refractivity contribution is 5.54. The Morgan fingerprint density at radius 2 is 2.22 bits per heavy atom. The molecule has 0 heterocycles. The molecule has 0 aromatic heterocycles. The summed E-state index contributed by atoms with van der Waals surface area (Å²) in [7, 11) is 1.92. The first-order valence-corrected chi connectivity index (χ1v) is 6.21. The summed E-state index contributed by atoms with van der Waals surface area (Å²) in [4.78, 5) is 1.99. The van der Waals surface area contributed by atoms with Gasteiger partial charge in [0.1, 0.15) is 5.82 Å². The van der Waals surface area contributed by atoms with Crippen molar-refractivity contribution in [2.45, 2.75) is 26.3 Å². The second kappa shape index (κ2) is 6.97. The number of hydrogen-bond donors (Lipinski definition) is 1. The van der Waals surface area contributed by atoms with E-state index in [4.69, 9.17) is 5.26 Å². The van der Waals surface area contributed by atoms with E-state index in [-0.39, 0.29) is 11.9 Å². The average molecular weight is 249 g/mol. The standard InChI is InChI=1S/C14H20FN3/c1-4-17-11(2)13-10-12(15)6-7-14(13)18(3)9-5-8-16/h6-7,10-11,17H,4-5,9H2,1-3H3. The van der Waals surface area contributed by atoms with Crippen LogP contribution >= 0.6 is 0 Å². The van der Waals surface area contributed by atoms with Crippen molar-refractivity contribution in [2.75, 3.05) is 25.0 Å². The molecule has 0 radical (unpaired) electrons. The van der Waals surface area contributed by atoms with Gasteiger partial charge in [-0.05, 0) is 37.2 Å². The summed E-state index contributed by atoms with van der Waals surface area (Å²) >= 11 is 0. The van der Waals surface area contributed by atoms with Crippen molar-refractivity contribution in [3.63, 3.8) is 0 Å². The van der Waals surface area contributed by atoms with Crippen molar-refractivity contribution in [1.29, 1.82) is 5.26 Å². The number of nitrogens with one attached hydrogen (secondary N) is 1. The summed E-state index contributed by atoms with van der Waals surface area (Å²) in [6, 6.07) is 7.00. The first-order valence-electron chi connectivity index (χ1n) is 6.21. The van der Waals surface area contributed by atoms with Crippen molar-refractivity contribution in [1.82, 2.24) is 5.32 Å². The molecule has 1 atom stereocenters. The van der Waals surface area contributed by atoms with Gasteiger partial charge in [-0.1, -0.05) is 6.92 Å². The van der Waals surface area contributed by atoms with E-state index < -0.39 is 0 Å². The molecule has 0 aliphatic carbocycles. The fourth-order valence-corrected chi connectivity index (χ4v) is 1.97. The number of benzene rings is 1. The minimum Gasteiger partial charge on any atom is -0.373 e. The third kappa shape index (κ3) is 3.71. The summed E-state index contributed by atoms with van der Waals surface area (Å²) in [6.07, 6.45) is 0.461. The van der Waals surface area contributed by atoms with E-state index in [1.165, 1.54) is 6.07 Å². The van der Waals surface area contributed by atoms with Crippen LogP contribution in [0.2, 0.25) is 0 Å². The summed E-state index contributed by atoms with van der Waals surface area (Å²) < 4.78 is 13.4. The molecule has 0 amide bonds. The number of rotatable bonds is 6. The van der Waals surface area contributed by atoms with Crippen LogP contribution in [0.25, 0.3) is 0 Å². The van der Waals surface area contributed by atoms with Crippen LogP contribution in [-0.2, 0) is 0 Å². The van der Waals surface area contributed by atoms with E-state index in [2.05, 4.69) is 11.4 Å². The lowest BCUT2D eigenvalue weighted by atomic mass is 10.0. The zero-order valence-corrected chi connectivity index (χ0v) is 11.2. The van der Waals surface area contributed by atoms with Gasteiger partial charge in [-0.3, -0.25) is 0 Å². The van der Waals surface area contributed by atoms with Crippen LogP contribution in [0.1, 0.15) is 31.9 Å². The molecule has 18 heavy (non-hydrogen) atoms. The number of hydrogen-bond acceptors (Lipinski definition) is 3. The van der Waals surface area contributed by atoms with Crippen LogP contribution in [0.3, 0.4) is 0 Å². The Balaban J connectivity index is 2.99. The van der Waals surface area contributed by atoms with Crippen LogP contribution in [0, 0.1) is 17.1 Å². The highest BCUT2D eigenvalue weighted by Gasteiger charge is 2.13. The molecule has 1 unspecified atom stereocenters. The molecule has 1 N–H and O–H groups in total. The van der Waals surface area contributed by atoms with Gasteiger partial charge in [-0.25, -0.2) is 4.39 Å². The molecule has 1 rings (SSSR count). The summed E-state index contributed by atoms with van der Waals surface area (Å²) in [5, 5.41) is 11.9. The van der Waals surface area contributed by atoms with E-state index >= 15 is 0 Å². The Labute approximate surface area is 108 Å². The lowest BCUT2D eigenvalue weighted by molar-refractivity contribution is 0.582. The minimum atomic E-state index is -0.229. The fraction of sp³-hybridized carbons (Fsp3) is 0.500. The molecule has 4 heteroatoms. The second-order valence-corrected chi connectivity index (χ2v) is 4.31. The molecule has 3 nitrogen and oxygen atoms in total. The van der Waals surface area contributed by atoms with Gasteiger partial charge in [-0.15, -0.1) is 0 Å². The number of nitrogens with zero attached hydrogens (tertiary/aromatic N) is 2. The van der Waals surface area contributed by atoms with Crippen molar-refractivity contribution in [3.8, 4) is 6.07 Å². The smallest absolute Gasteiger partial charge is 0.123 e.